The number of halogens is 2. The van der Waals surface area contributed by atoms with Gasteiger partial charge in [0.05, 0.1) is 17.9 Å². The van der Waals surface area contributed by atoms with E-state index in [0.717, 1.165) is 37.3 Å². The van der Waals surface area contributed by atoms with Crippen LogP contribution in [-0.2, 0) is 9.53 Å². The predicted octanol–water partition coefficient (Wildman–Crippen LogP) is 5.50. The number of hydrogen-bond donors (Lipinski definition) is 1. The van der Waals surface area contributed by atoms with E-state index in [1.165, 1.54) is 12.1 Å². The Morgan fingerprint density at radius 2 is 1.73 bits per heavy atom. The maximum atomic E-state index is 13.7. The number of hydrogen-bond acceptors (Lipinski definition) is 6. The molecule has 2 fully saturated rings. The first-order valence-electron chi connectivity index (χ1n) is 13.9. The van der Waals surface area contributed by atoms with E-state index in [1.807, 2.05) is 41.3 Å². The van der Waals surface area contributed by atoms with Gasteiger partial charge >= 0.3 is 6.09 Å². The first-order chi connectivity index (χ1) is 19.7. The minimum atomic E-state index is -0.556. The van der Waals surface area contributed by atoms with Crippen LogP contribution >= 0.6 is 11.6 Å². The second-order valence-corrected chi connectivity index (χ2v) is 11.3. The molecular weight excluding hydrogens is 545 g/mol. The molecule has 2 aliphatic heterocycles. The van der Waals surface area contributed by atoms with Crippen LogP contribution in [-0.4, -0.2) is 66.1 Å². The summed E-state index contributed by atoms with van der Waals surface area (Å²) < 4.78 is 19.1. The number of pyridine rings is 1. The molecule has 2 aromatic carbocycles. The molecule has 2 amide bonds. The minimum Gasteiger partial charge on any atom is -0.442 e. The van der Waals surface area contributed by atoms with E-state index >= 15 is 0 Å². The van der Waals surface area contributed by atoms with Crippen molar-refractivity contribution in [2.75, 3.05) is 43.9 Å². The van der Waals surface area contributed by atoms with Crippen molar-refractivity contribution in [2.45, 2.75) is 37.8 Å². The van der Waals surface area contributed by atoms with Crippen LogP contribution in [0.1, 0.15) is 42.9 Å². The highest BCUT2D eigenvalue weighted by Gasteiger charge is 2.42. The van der Waals surface area contributed by atoms with Crippen LogP contribution in [0, 0.1) is 11.7 Å². The van der Waals surface area contributed by atoms with Crippen molar-refractivity contribution in [3.8, 4) is 0 Å². The van der Waals surface area contributed by atoms with Gasteiger partial charge in [0.25, 0.3) is 0 Å². The van der Waals surface area contributed by atoms with Crippen LogP contribution in [0.15, 0.2) is 66.9 Å². The summed E-state index contributed by atoms with van der Waals surface area (Å²) in [5.74, 6) is 0.426. The van der Waals surface area contributed by atoms with Crippen LogP contribution in [0.3, 0.4) is 0 Å². The molecule has 0 aliphatic carbocycles. The second kappa shape index (κ2) is 12.3. The number of piperidine rings is 1. The average molecular weight is 580 g/mol. The fourth-order valence-electron chi connectivity index (χ4n) is 5.77. The Balaban J connectivity index is 1.27. The predicted molar refractivity (Wildman–Crippen MR) is 157 cm³/mol. The monoisotopic (exact) mass is 579 g/mol. The van der Waals surface area contributed by atoms with Crippen molar-refractivity contribution >= 4 is 35.1 Å². The van der Waals surface area contributed by atoms with Crippen molar-refractivity contribution in [3.05, 3.63) is 88.8 Å². The third-order valence-corrected chi connectivity index (χ3v) is 8.49. The van der Waals surface area contributed by atoms with Gasteiger partial charge in [0.15, 0.2) is 0 Å². The molecule has 0 saturated carbocycles. The molecule has 41 heavy (non-hydrogen) atoms. The highest BCUT2D eigenvalue weighted by atomic mass is 35.5. The number of nitrogens with two attached hydrogens (primary N) is 1. The summed E-state index contributed by atoms with van der Waals surface area (Å²) in [7, 11) is 1.71. The Kier molecular flexibility index (Phi) is 8.63. The summed E-state index contributed by atoms with van der Waals surface area (Å²) in [6, 6.07) is 16.9. The van der Waals surface area contributed by atoms with Crippen molar-refractivity contribution < 1.29 is 18.7 Å². The van der Waals surface area contributed by atoms with Gasteiger partial charge in [0.2, 0.25) is 5.91 Å². The Morgan fingerprint density at radius 3 is 2.37 bits per heavy atom. The van der Waals surface area contributed by atoms with Gasteiger partial charge in [0.1, 0.15) is 17.7 Å². The number of carbonyl (C=O) groups excluding carboxylic acids is 2. The molecule has 10 heteroatoms. The van der Waals surface area contributed by atoms with Gasteiger partial charge in [-0.2, -0.15) is 0 Å². The van der Waals surface area contributed by atoms with E-state index in [4.69, 9.17) is 22.1 Å². The molecule has 0 bridgehead atoms. The third-order valence-electron chi connectivity index (χ3n) is 8.24. The zero-order chi connectivity index (χ0) is 29.1. The van der Waals surface area contributed by atoms with Gasteiger partial charge in [0, 0.05) is 50.1 Å². The van der Waals surface area contributed by atoms with E-state index < -0.39 is 12.2 Å². The molecule has 1 aromatic heterocycles. The zero-order valence-electron chi connectivity index (χ0n) is 23.2. The normalized spacial score (nSPS) is 20.1. The van der Waals surface area contributed by atoms with Crippen LogP contribution in [0.25, 0.3) is 0 Å². The van der Waals surface area contributed by atoms with Crippen LogP contribution < -0.4 is 10.6 Å². The summed E-state index contributed by atoms with van der Waals surface area (Å²) in [6.07, 6.45) is 2.05. The van der Waals surface area contributed by atoms with E-state index in [0.29, 0.717) is 29.4 Å². The maximum absolute atomic E-state index is 13.7. The average Bonchev–Trinajstić information content (AvgIpc) is 3.43. The van der Waals surface area contributed by atoms with Crippen molar-refractivity contribution in [3.63, 3.8) is 0 Å². The van der Waals surface area contributed by atoms with E-state index in [1.54, 1.807) is 37.2 Å². The smallest absolute Gasteiger partial charge is 0.410 e. The molecular formula is C31H35ClFN5O3. The lowest BCUT2D eigenvalue weighted by atomic mass is 9.93. The first kappa shape index (κ1) is 28.7. The lowest BCUT2D eigenvalue weighted by molar-refractivity contribution is -0.135. The maximum Gasteiger partial charge on any atom is 0.410 e. The molecule has 2 saturated heterocycles. The van der Waals surface area contributed by atoms with Gasteiger partial charge in [-0.05, 0) is 67.3 Å². The fourth-order valence-corrected chi connectivity index (χ4v) is 5.89. The lowest BCUT2D eigenvalue weighted by Crippen LogP contribution is -2.44. The number of likely N-dealkylation sites (tertiary alicyclic amines) is 1. The molecule has 2 aliphatic rings. The topological polar surface area (TPSA) is 92.0 Å². The highest BCUT2D eigenvalue weighted by Crippen LogP contribution is 2.34. The van der Waals surface area contributed by atoms with Crippen LogP contribution in [0.2, 0.25) is 5.02 Å². The highest BCUT2D eigenvalue weighted by molar-refractivity contribution is 6.30. The zero-order valence-corrected chi connectivity index (χ0v) is 24.0. The van der Waals surface area contributed by atoms with Gasteiger partial charge in [-0.3, -0.25) is 4.79 Å². The standard InChI is InChI=1S/C31H35ClFN5O3/c1-20(21-5-9-25(33)10-6-21)41-31(40)36(2)28-19-38(18-27(28)22-3-7-24(32)8-4-22)30(39)23-13-15-37(16-14-23)29-12-11-26(34)17-35-29/h3-12,17,20,23,27-28H,13-16,18-19,34H2,1-2H3/t20?,27-,28+/m0/s1. The van der Waals surface area contributed by atoms with Crippen molar-refractivity contribution in [1.29, 1.82) is 0 Å². The summed E-state index contributed by atoms with van der Waals surface area (Å²) in [5, 5.41) is 0.625. The summed E-state index contributed by atoms with van der Waals surface area (Å²) in [4.78, 5) is 37.1. The van der Waals surface area contributed by atoms with Crippen LogP contribution in [0.4, 0.5) is 20.7 Å². The Bertz CT molecular complexity index is 1350. The number of anilines is 2. The van der Waals surface area contributed by atoms with E-state index in [2.05, 4.69) is 9.88 Å². The number of nitrogen functional groups attached to an aromatic ring is 1. The number of ether oxygens (including phenoxy) is 1. The number of benzene rings is 2. The molecule has 3 aromatic rings. The van der Waals surface area contributed by atoms with Crippen molar-refractivity contribution in [1.82, 2.24) is 14.8 Å². The Hall–Kier alpha value is -3.85. The number of likely N-dealkylation sites (N-methyl/N-ethyl adjacent to an activating group) is 1. The number of carbonyl (C=O) groups is 2. The fraction of sp³-hybridized carbons (Fsp3) is 0.387. The van der Waals surface area contributed by atoms with E-state index in [-0.39, 0.29) is 29.6 Å². The van der Waals surface area contributed by atoms with Crippen molar-refractivity contribution in [2.24, 2.45) is 5.92 Å². The molecule has 0 spiro atoms. The number of aromatic nitrogens is 1. The van der Waals surface area contributed by atoms with Gasteiger partial charge in [-0.15, -0.1) is 0 Å². The number of rotatable bonds is 6. The Morgan fingerprint density at radius 1 is 1.05 bits per heavy atom. The van der Waals surface area contributed by atoms with Gasteiger partial charge in [-0.25, -0.2) is 14.2 Å². The first-order valence-corrected chi connectivity index (χ1v) is 14.3. The van der Waals surface area contributed by atoms with E-state index in [9.17, 15) is 14.0 Å². The summed E-state index contributed by atoms with van der Waals surface area (Å²) in [5.41, 5.74) is 8.10. The molecule has 8 nitrogen and oxygen atoms in total. The lowest BCUT2D eigenvalue weighted by Gasteiger charge is -2.34. The molecule has 0 radical (unpaired) electrons. The summed E-state index contributed by atoms with van der Waals surface area (Å²) in [6.45, 7) is 4.13. The quantitative estimate of drug-likeness (QED) is 0.415. The summed E-state index contributed by atoms with van der Waals surface area (Å²) >= 11 is 6.15. The molecule has 216 valence electrons. The molecule has 3 heterocycles. The van der Waals surface area contributed by atoms with Crippen LogP contribution in [0.5, 0.6) is 0 Å². The number of amides is 2. The molecule has 5 rings (SSSR count). The Labute approximate surface area is 244 Å². The SMILES string of the molecule is CC(OC(=O)N(C)[C@@H]1CN(C(=O)C2CCN(c3ccc(N)cn3)CC2)C[C@H]1c1ccc(Cl)cc1)c1ccc(F)cc1. The number of nitrogens with zero attached hydrogens (tertiary/aromatic N) is 4. The molecule has 1 unspecified atom stereocenters. The third kappa shape index (κ3) is 6.56. The van der Waals surface area contributed by atoms with Gasteiger partial charge < -0.3 is 25.2 Å². The molecule has 3 atom stereocenters. The molecule has 2 N–H and O–H groups in total. The van der Waals surface area contributed by atoms with Gasteiger partial charge in [-0.1, -0.05) is 35.9 Å². The largest absolute Gasteiger partial charge is 0.442 e. The minimum absolute atomic E-state index is 0.0968. The second-order valence-electron chi connectivity index (χ2n) is 10.9.